The highest BCUT2D eigenvalue weighted by molar-refractivity contribution is 5.63. The maximum absolute atomic E-state index is 5.85. The Morgan fingerprint density at radius 1 is 1.29 bits per heavy atom. The Kier molecular flexibility index (Phi) is 2.68. The highest BCUT2D eigenvalue weighted by Crippen LogP contribution is 2.12. The lowest BCUT2D eigenvalue weighted by Crippen LogP contribution is -2.22. The van der Waals surface area contributed by atoms with Crippen LogP contribution in [0.2, 0.25) is 0 Å². The number of aromatic nitrogens is 3. The van der Waals surface area contributed by atoms with Gasteiger partial charge in [0.1, 0.15) is 0 Å². The molecule has 90 valence electrons. The number of rotatable bonds is 3. The minimum Gasteiger partial charge on any atom is -0.396 e. The first-order valence-electron chi connectivity index (χ1n) is 6.15. The van der Waals surface area contributed by atoms with Gasteiger partial charge in [-0.15, -0.1) is 0 Å². The summed E-state index contributed by atoms with van der Waals surface area (Å²) in [7, 11) is 0. The minimum atomic E-state index is 0.687. The van der Waals surface area contributed by atoms with Gasteiger partial charge in [-0.05, 0) is 38.1 Å². The second-order valence-electron chi connectivity index (χ2n) is 4.56. The van der Waals surface area contributed by atoms with E-state index in [2.05, 4.69) is 15.0 Å². The molecule has 1 aliphatic heterocycles. The van der Waals surface area contributed by atoms with Crippen molar-refractivity contribution in [2.75, 3.05) is 25.4 Å². The van der Waals surface area contributed by atoms with E-state index in [0.29, 0.717) is 5.69 Å². The Labute approximate surface area is 100 Å². The van der Waals surface area contributed by atoms with Crippen molar-refractivity contribution >= 4 is 11.3 Å². The predicted molar refractivity (Wildman–Crippen MR) is 66.8 cm³/mol. The Balaban J connectivity index is 1.74. The normalized spacial score (nSPS) is 16.9. The van der Waals surface area contributed by atoms with E-state index in [4.69, 9.17) is 5.73 Å². The van der Waals surface area contributed by atoms with Crippen molar-refractivity contribution in [2.45, 2.75) is 19.3 Å². The van der Waals surface area contributed by atoms with Crippen LogP contribution in [0.15, 0.2) is 18.3 Å². The van der Waals surface area contributed by atoms with Crippen LogP contribution in [0.1, 0.15) is 18.7 Å². The predicted octanol–water partition coefficient (Wildman–Crippen LogP) is 0.950. The standard InChI is InChI=1S/C12H17N5/c13-10-4-3-8-17-12(10)14-11(15-17)5-9-16-6-1-2-7-16/h3-4,8H,1-2,5-7,9,13H2. The third-order valence-electron chi connectivity index (χ3n) is 3.29. The lowest BCUT2D eigenvalue weighted by Gasteiger charge is -2.12. The first kappa shape index (κ1) is 10.5. The average molecular weight is 231 g/mol. The molecular weight excluding hydrogens is 214 g/mol. The summed E-state index contributed by atoms with van der Waals surface area (Å²) in [5.74, 6) is 0.884. The van der Waals surface area contributed by atoms with Gasteiger partial charge in [0.25, 0.3) is 0 Å². The van der Waals surface area contributed by atoms with Gasteiger partial charge in [-0.1, -0.05) is 0 Å². The first-order chi connectivity index (χ1) is 8.33. The largest absolute Gasteiger partial charge is 0.396 e. The second-order valence-corrected chi connectivity index (χ2v) is 4.56. The van der Waals surface area contributed by atoms with Gasteiger partial charge in [-0.3, -0.25) is 0 Å². The summed E-state index contributed by atoms with van der Waals surface area (Å²) in [6, 6.07) is 3.75. The third-order valence-corrected chi connectivity index (χ3v) is 3.29. The number of pyridine rings is 1. The molecule has 1 fully saturated rings. The molecule has 2 aromatic heterocycles. The van der Waals surface area contributed by atoms with Crippen molar-refractivity contribution in [3.8, 4) is 0 Å². The molecule has 2 aromatic rings. The molecular formula is C12H17N5. The number of nitrogen functional groups attached to an aromatic ring is 1. The summed E-state index contributed by atoms with van der Waals surface area (Å²) in [6.07, 6.45) is 5.44. The van der Waals surface area contributed by atoms with E-state index in [0.717, 1.165) is 24.4 Å². The highest BCUT2D eigenvalue weighted by Gasteiger charge is 2.12. The van der Waals surface area contributed by atoms with Gasteiger partial charge in [0.15, 0.2) is 11.5 Å². The van der Waals surface area contributed by atoms with Gasteiger partial charge in [-0.2, -0.15) is 5.10 Å². The smallest absolute Gasteiger partial charge is 0.178 e. The molecule has 1 saturated heterocycles. The van der Waals surface area contributed by atoms with E-state index in [1.165, 1.54) is 25.9 Å². The van der Waals surface area contributed by atoms with E-state index < -0.39 is 0 Å². The van der Waals surface area contributed by atoms with Crippen LogP contribution in [0, 0.1) is 0 Å². The molecule has 1 aliphatic rings. The van der Waals surface area contributed by atoms with Crippen molar-refractivity contribution in [1.82, 2.24) is 19.5 Å². The summed E-state index contributed by atoms with van der Waals surface area (Å²) in [6.45, 7) is 3.49. The van der Waals surface area contributed by atoms with Crippen LogP contribution < -0.4 is 5.73 Å². The molecule has 0 spiro atoms. The van der Waals surface area contributed by atoms with Crippen LogP contribution in [0.4, 0.5) is 5.69 Å². The summed E-state index contributed by atoms with van der Waals surface area (Å²) >= 11 is 0. The topological polar surface area (TPSA) is 59.5 Å². The molecule has 0 saturated carbocycles. The van der Waals surface area contributed by atoms with Crippen molar-refractivity contribution in [1.29, 1.82) is 0 Å². The van der Waals surface area contributed by atoms with Crippen molar-refractivity contribution in [3.05, 3.63) is 24.2 Å². The van der Waals surface area contributed by atoms with Gasteiger partial charge in [0, 0.05) is 19.2 Å². The van der Waals surface area contributed by atoms with Gasteiger partial charge in [-0.25, -0.2) is 9.50 Å². The highest BCUT2D eigenvalue weighted by atomic mass is 15.3. The number of likely N-dealkylation sites (tertiary alicyclic amines) is 1. The Hall–Kier alpha value is -1.62. The zero-order valence-electron chi connectivity index (χ0n) is 9.84. The van der Waals surface area contributed by atoms with Crippen LogP contribution in [-0.4, -0.2) is 39.1 Å². The molecule has 0 radical (unpaired) electrons. The van der Waals surface area contributed by atoms with Crippen molar-refractivity contribution in [2.24, 2.45) is 0 Å². The number of fused-ring (bicyclic) bond motifs is 1. The number of anilines is 1. The van der Waals surface area contributed by atoms with E-state index in [1.54, 1.807) is 4.52 Å². The molecule has 5 heteroatoms. The van der Waals surface area contributed by atoms with Crippen LogP contribution in [0.25, 0.3) is 5.65 Å². The van der Waals surface area contributed by atoms with Crippen LogP contribution >= 0.6 is 0 Å². The fraction of sp³-hybridized carbons (Fsp3) is 0.500. The molecule has 17 heavy (non-hydrogen) atoms. The molecule has 0 unspecified atom stereocenters. The molecule has 0 bridgehead atoms. The zero-order chi connectivity index (χ0) is 11.7. The zero-order valence-corrected chi connectivity index (χ0v) is 9.84. The van der Waals surface area contributed by atoms with Gasteiger partial charge in [0.05, 0.1) is 5.69 Å². The molecule has 0 amide bonds. The van der Waals surface area contributed by atoms with Gasteiger partial charge >= 0.3 is 0 Å². The number of nitrogens with zero attached hydrogens (tertiary/aromatic N) is 4. The maximum Gasteiger partial charge on any atom is 0.178 e. The monoisotopic (exact) mass is 231 g/mol. The number of hydrogen-bond acceptors (Lipinski definition) is 4. The van der Waals surface area contributed by atoms with Gasteiger partial charge < -0.3 is 10.6 Å². The SMILES string of the molecule is Nc1cccn2nc(CCN3CCCC3)nc12. The first-order valence-corrected chi connectivity index (χ1v) is 6.15. The summed E-state index contributed by atoms with van der Waals surface area (Å²) in [4.78, 5) is 6.94. The summed E-state index contributed by atoms with van der Waals surface area (Å²) < 4.78 is 1.76. The fourth-order valence-corrected chi connectivity index (χ4v) is 2.34. The van der Waals surface area contributed by atoms with Crippen molar-refractivity contribution in [3.63, 3.8) is 0 Å². The maximum atomic E-state index is 5.85. The lowest BCUT2D eigenvalue weighted by molar-refractivity contribution is 0.341. The van der Waals surface area contributed by atoms with Gasteiger partial charge in [0.2, 0.25) is 0 Å². The Bertz CT molecular complexity index is 513. The minimum absolute atomic E-state index is 0.687. The lowest BCUT2D eigenvalue weighted by atomic mass is 10.4. The van der Waals surface area contributed by atoms with E-state index >= 15 is 0 Å². The fourth-order valence-electron chi connectivity index (χ4n) is 2.34. The molecule has 5 nitrogen and oxygen atoms in total. The van der Waals surface area contributed by atoms with Crippen LogP contribution in [0.3, 0.4) is 0 Å². The quantitative estimate of drug-likeness (QED) is 0.854. The second kappa shape index (κ2) is 4.33. The number of hydrogen-bond donors (Lipinski definition) is 1. The number of nitrogens with two attached hydrogens (primary N) is 1. The Morgan fingerprint density at radius 2 is 2.12 bits per heavy atom. The molecule has 2 N–H and O–H groups in total. The molecule has 0 aliphatic carbocycles. The van der Waals surface area contributed by atoms with Crippen LogP contribution in [-0.2, 0) is 6.42 Å². The molecule has 3 heterocycles. The Morgan fingerprint density at radius 3 is 2.88 bits per heavy atom. The van der Waals surface area contributed by atoms with Crippen LogP contribution in [0.5, 0.6) is 0 Å². The van der Waals surface area contributed by atoms with E-state index in [1.807, 2.05) is 18.3 Å². The van der Waals surface area contributed by atoms with E-state index in [-0.39, 0.29) is 0 Å². The molecule has 0 aromatic carbocycles. The van der Waals surface area contributed by atoms with Crippen molar-refractivity contribution < 1.29 is 0 Å². The van der Waals surface area contributed by atoms with E-state index in [9.17, 15) is 0 Å². The summed E-state index contributed by atoms with van der Waals surface area (Å²) in [5.41, 5.74) is 7.31. The third kappa shape index (κ3) is 2.10. The average Bonchev–Trinajstić information content (AvgIpc) is 2.95. The molecule has 3 rings (SSSR count). The molecule has 0 atom stereocenters. The summed E-state index contributed by atoms with van der Waals surface area (Å²) in [5, 5.41) is 4.43.